The van der Waals surface area contributed by atoms with Crippen molar-refractivity contribution < 1.29 is 0 Å². The van der Waals surface area contributed by atoms with Crippen LogP contribution in [-0.4, -0.2) is 41.0 Å². The summed E-state index contributed by atoms with van der Waals surface area (Å²) in [5.74, 6) is 1.28. The zero-order valence-corrected chi connectivity index (χ0v) is 17.7. The molecule has 0 saturated carbocycles. The number of hydrogen-bond donors (Lipinski definition) is 0. The lowest BCUT2D eigenvalue weighted by atomic mass is 9.69. The van der Waals surface area contributed by atoms with E-state index in [1.54, 1.807) is 5.57 Å². The summed E-state index contributed by atoms with van der Waals surface area (Å²) in [7, 11) is 2.26. The summed E-state index contributed by atoms with van der Waals surface area (Å²) >= 11 is 0. The second-order valence-corrected chi connectivity index (χ2v) is 10.7. The highest BCUT2D eigenvalue weighted by Gasteiger charge is 2.36. The van der Waals surface area contributed by atoms with Gasteiger partial charge in [0.25, 0.3) is 0 Å². The molecule has 0 bridgehead atoms. The summed E-state index contributed by atoms with van der Waals surface area (Å²) < 4.78 is 0. The molecule has 1 unspecified atom stereocenters. The van der Waals surface area contributed by atoms with E-state index in [0.29, 0.717) is 17.3 Å². The predicted molar refractivity (Wildman–Crippen MR) is 104 cm³/mol. The Balaban J connectivity index is 3.08. The highest BCUT2D eigenvalue weighted by atomic mass is 15.2. The third-order valence-corrected chi connectivity index (χ3v) is 5.53. The minimum Gasteiger partial charge on any atom is -0.373 e. The number of nitrogens with zero attached hydrogens (tertiary/aromatic N) is 2. The third-order valence-electron chi connectivity index (χ3n) is 5.53. The van der Waals surface area contributed by atoms with Crippen molar-refractivity contribution in [3.05, 3.63) is 11.8 Å². The molecule has 1 aliphatic heterocycles. The van der Waals surface area contributed by atoms with Crippen LogP contribution in [-0.2, 0) is 0 Å². The first-order valence-corrected chi connectivity index (χ1v) is 9.33. The molecule has 0 aromatic heterocycles. The highest BCUT2D eigenvalue weighted by molar-refractivity contribution is 5.17. The van der Waals surface area contributed by atoms with Gasteiger partial charge in [0.2, 0.25) is 0 Å². The van der Waals surface area contributed by atoms with Gasteiger partial charge in [0.1, 0.15) is 0 Å². The lowest BCUT2D eigenvalue weighted by molar-refractivity contribution is 0.120. The fraction of sp³-hybridized carbons (Fsp3) is 0.905. The van der Waals surface area contributed by atoms with Crippen LogP contribution in [0.2, 0.25) is 0 Å². The molecule has 0 spiro atoms. The fourth-order valence-electron chi connectivity index (χ4n) is 3.49. The summed E-state index contributed by atoms with van der Waals surface area (Å²) in [6, 6.07) is 0. The maximum atomic E-state index is 2.55. The summed E-state index contributed by atoms with van der Waals surface area (Å²) in [6.45, 7) is 25.8. The normalized spacial score (nSPS) is 22.3. The van der Waals surface area contributed by atoms with Crippen LogP contribution in [0.5, 0.6) is 0 Å². The smallest absolute Gasteiger partial charge is 0.0312 e. The first-order valence-electron chi connectivity index (χ1n) is 9.33. The van der Waals surface area contributed by atoms with Gasteiger partial charge in [0.05, 0.1) is 0 Å². The second kappa shape index (κ2) is 6.78. The van der Waals surface area contributed by atoms with Gasteiger partial charge in [-0.3, -0.25) is 0 Å². The standard InChI is InChI=1S/C21H42N2/c1-16(14-22(11)20(5,6)7)17-15-23(21(8,9)10)13-12-18(17)19(2,3)4/h15-16,18H,12-14H2,1-11H3/t16-,18?/m1/s1. The van der Waals surface area contributed by atoms with Crippen LogP contribution in [0.4, 0.5) is 0 Å². The average Bonchev–Trinajstić information content (AvgIpc) is 2.34. The van der Waals surface area contributed by atoms with Gasteiger partial charge >= 0.3 is 0 Å². The van der Waals surface area contributed by atoms with E-state index in [9.17, 15) is 0 Å². The Hall–Kier alpha value is -0.500. The first-order chi connectivity index (χ1) is 10.1. The zero-order chi connectivity index (χ0) is 18.2. The van der Waals surface area contributed by atoms with Gasteiger partial charge < -0.3 is 9.80 Å². The number of rotatable bonds is 3. The van der Waals surface area contributed by atoms with Gasteiger partial charge in [-0.15, -0.1) is 0 Å². The second-order valence-electron chi connectivity index (χ2n) is 10.7. The van der Waals surface area contributed by atoms with Crippen LogP contribution in [0.15, 0.2) is 11.8 Å². The predicted octanol–water partition coefficient (Wildman–Crippen LogP) is 5.40. The van der Waals surface area contributed by atoms with Gasteiger partial charge in [-0.05, 0) is 84.0 Å². The van der Waals surface area contributed by atoms with E-state index in [2.05, 4.69) is 92.3 Å². The van der Waals surface area contributed by atoms with Gasteiger partial charge in [0.15, 0.2) is 0 Å². The maximum Gasteiger partial charge on any atom is 0.0312 e. The molecular formula is C21H42N2. The molecule has 1 rings (SSSR count). The van der Waals surface area contributed by atoms with Crippen molar-refractivity contribution >= 4 is 0 Å². The van der Waals surface area contributed by atoms with Crippen molar-refractivity contribution in [3.8, 4) is 0 Å². The molecule has 1 aliphatic rings. The molecule has 0 amide bonds. The van der Waals surface area contributed by atoms with Crippen molar-refractivity contribution in [2.24, 2.45) is 17.3 Å². The van der Waals surface area contributed by atoms with E-state index in [0.717, 1.165) is 6.54 Å². The third kappa shape index (κ3) is 5.52. The van der Waals surface area contributed by atoms with Crippen LogP contribution >= 0.6 is 0 Å². The van der Waals surface area contributed by atoms with Crippen molar-refractivity contribution in [3.63, 3.8) is 0 Å². The van der Waals surface area contributed by atoms with Crippen LogP contribution in [0, 0.1) is 17.3 Å². The Morgan fingerprint density at radius 3 is 2.00 bits per heavy atom. The van der Waals surface area contributed by atoms with E-state index in [-0.39, 0.29) is 11.1 Å². The first kappa shape index (κ1) is 20.5. The topological polar surface area (TPSA) is 6.48 Å². The van der Waals surface area contributed by atoms with Gasteiger partial charge in [-0.25, -0.2) is 0 Å². The summed E-state index contributed by atoms with van der Waals surface area (Å²) in [4.78, 5) is 5.05. The van der Waals surface area contributed by atoms with Crippen LogP contribution < -0.4 is 0 Å². The Morgan fingerprint density at radius 1 is 1.09 bits per heavy atom. The van der Waals surface area contributed by atoms with E-state index >= 15 is 0 Å². The summed E-state index contributed by atoms with van der Waals surface area (Å²) in [5.41, 5.74) is 2.42. The molecule has 0 N–H and O–H groups in total. The van der Waals surface area contributed by atoms with E-state index in [4.69, 9.17) is 0 Å². The van der Waals surface area contributed by atoms with Crippen molar-refractivity contribution in [2.45, 2.75) is 86.7 Å². The monoisotopic (exact) mass is 322 g/mol. The van der Waals surface area contributed by atoms with Gasteiger partial charge in [-0.2, -0.15) is 0 Å². The summed E-state index contributed by atoms with van der Waals surface area (Å²) in [6.07, 6.45) is 3.77. The molecule has 0 aromatic carbocycles. The maximum absolute atomic E-state index is 2.55. The van der Waals surface area contributed by atoms with E-state index in [1.165, 1.54) is 13.0 Å². The number of hydrogen-bond acceptors (Lipinski definition) is 2. The molecular weight excluding hydrogens is 280 g/mol. The van der Waals surface area contributed by atoms with E-state index < -0.39 is 0 Å². The fourth-order valence-corrected chi connectivity index (χ4v) is 3.49. The van der Waals surface area contributed by atoms with E-state index in [1.807, 2.05) is 0 Å². The van der Waals surface area contributed by atoms with Gasteiger partial charge in [0, 0.05) is 24.2 Å². The summed E-state index contributed by atoms with van der Waals surface area (Å²) in [5, 5.41) is 0. The SMILES string of the molecule is C[C@H](CN(C)C(C)(C)C)C1=CN(C(C)(C)C)CCC1C(C)(C)C. The van der Waals surface area contributed by atoms with Crippen LogP contribution in [0.25, 0.3) is 0 Å². The Labute approximate surface area is 146 Å². The molecule has 0 saturated heterocycles. The Morgan fingerprint density at radius 2 is 1.61 bits per heavy atom. The molecule has 2 heteroatoms. The minimum atomic E-state index is 0.212. The molecule has 2 atom stereocenters. The van der Waals surface area contributed by atoms with Crippen molar-refractivity contribution in [2.75, 3.05) is 20.1 Å². The Kier molecular flexibility index (Phi) is 6.06. The zero-order valence-electron chi connectivity index (χ0n) is 17.7. The molecule has 136 valence electrons. The molecule has 2 nitrogen and oxygen atoms in total. The average molecular weight is 323 g/mol. The molecule has 0 radical (unpaired) electrons. The van der Waals surface area contributed by atoms with Crippen LogP contribution in [0.1, 0.15) is 75.7 Å². The van der Waals surface area contributed by atoms with Crippen molar-refractivity contribution in [1.29, 1.82) is 0 Å². The Bertz CT molecular complexity index is 415. The quantitative estimate of drug-likeness (QED) is 0.686. The largest absolute Gasteiger partial charge is 0.373 e. The molecule has 0 fully saturated rings. The minimum absolute atomic E-state index is 0.212. The highest BCUT2D eigenvalue weighted by Crippen LogP contribution is 2.42. The molecule has 0 aliphatic carbocycles. The molecule has 0 aromatic rings. The van der Waals surface area contributed by atoms with Crippen LogP contribution in [0.3, 0.4) is 0 Å². The molecule has 23 heavy (non-hydrogen) atoms. The molecule has 1 heterocycles. The lowest BCUT2D eigenvalue weighted by Crippen LogP contribution is -2.46. The van der Waals surface area contributed by atoms with Crippen molar-refractivity contribution in [1.82, 2.24) is 9.80 Å². The van der Waals surface area contributed by atoms with Gasteiger partial charge in [-0.1, -0.05) is 27.7 Å². The lowest BCUT2D eigenvalue weighted by Gasteiger charge is -2.46.